The van der Waals surface area contributed by atoms with E-state index in [0.717, 1.165) is 24.1 Å². The average molecular weight is 496 g/mol. The summed E-state index contributed by atoms with van der Waals surface area (Å²) >= 11 is 0. The lowest BCUT2D eigenvalue weighted by Crippen LogP contribution is -2.48. The van der Waals surface area contributed by atoms with Crippen molar-refractivity contribution in [3.8, 4) is 0 Å². The number of hydrogen-bond acceptors (Lipinski definition) is 7. The van der Waals surface area contributed by atoms with Crippen molar-refractivity contribution in [1.82, 2.24) is 21.3 Å². The van der Waals surface area contributed by atoms with Crippen LogP contribution >= 0.6 is 0 Å². The lowest BCUT2D eigenvalue weighted by Gasteiger charge is -2.15. The van der Waals surface area contributed by atoms with Gasteiger partial charge in [0.15, 0.2) is 5.96 Å². The van der Waals surface area contributed by atoms with E-state index in [4.69, 9.17) is 4.74 Å². The molecule has 5 N–H and O–H groups in total. The molecule has 0 saturated carbocycles. The Bertz CT molecular complexity index is 1090. The van der Waals surface area contributed by atoms with Crippen LogP contribution in [-0.4, -0.2) is 60.6 Å². The van der Waals surface area contributed by atoms with Gasteiger partial charge >= 0.3 is 12.1 Å². The number of guanidine groups is 1. The first-order chi connectivity index (χ1) is 17.4. The predicted molar refractivity (Wildman–Crippen MR) is 131 cm³/mol. The minimum absolute atomic E-state index is 0.00891. The number of nitrogens with zero attached hydrogens (tertiary/aromatic N) is 1. The van der Waals surface area contributed by atoms with Crippen molar-refractivity contribution < 1.29 is 29.0 Å². The normalized spacial score (nSPS) is 13.4. The number of hydrogen-bond donors (Lipinski definition) is 5. The fourth-order valence-corrected chi connectivity index (χ4v) is 3.30. The lowest BCUT2D eigenvalue weighted by atomic mass is 10.1. The third kappa shape index (κ3) is 8.75. The molecule has 0 radical (unpaired) electrons. The number of aliphatic carboxylic acids is 1. The Morgan fingerprint density at radius 1 is 1.03 bits per heavy atom. The number of nitrogens with one attached hydrogen (secondary N) is 4. The molecule has 190 valence electrons. The average Bonchev–Trinajstić information content (AvgIpc) is 2.90. The first-order valence-corrected chi connectivity index (χ1v) is 11.6. The standard InChI is InChI=1S/C25H29N5O6/c31-21(30-24-26-13-4-14-27-24)12-9-17-7-10-19(11-8-17)22(32)28-15-20(23(33)34)29-25(35)36-16-18-5-2-1-3-6-18/h1-3,5-8,10-11,20H,4,9,12-16H2,(H,28,32)(H,29,35)(H,33,34)(H2,26,27,30,31). The summed E-state index contributed by atoms with van der Waals surface area (Å²) in [6, 6.07) is 14.2. The molecule has 1 aliphatic heterocycles. The number of amides is 3. The van der Waals surface area contributed by atoms with Gasteiger partial charge in [-0.2, -0.15) is 0 Å². The Labute approximate surface area is 208 Å². The van der Waals surface area contributed by atoms with E-state index in [1.54, 1.807) is 48.5 Å². The number of rotatable bonds is 10. The van der Waals surface area contributed by atoms with Gasteiger partial charge in [0.05, 0.1) is 0 Å². The summed E-state index contributed by atoms with van der Waals surface area (Å²) in [6.07, 6.45) is 0.782. The van der Waals surface area contributed by atoms with Gasteiger partial charge in [0.25, 0.3) is 5.91 Å². The Morgan fingerprint density at radius 3 is 2.44 bits per heavy atom. The van der Waals surface area contributed by atoms with E-state index in [0.29, 0.717) is 24.5 Å². The molecule has 0 spiro atoms. The van der Waals surface area contributed by atoms with Crippen LogP contribution < -0.4 is 21.3 Å². The predicted octanol–water partition coefficient (Wildman–Crippen LogP) is 1.19. The van der Waals surface area contributed by atoms with Gasteiger partial charge in [-0.25, -0.2) is 9.59 Å². The number of ether oxygens (including phenoxy) is 1. The Kier molecular flexibility index (Phi) is 9.80. The number of alkyl carbamates (subject to hydrolysis) is 1. The molecule has 2 aromatic rings. The van der Waals surface area contributed by atoms with Crippen molar-refractivity contribution in [3.05, 3.63) is 71.3 Å². The number of carbonyl (C=O) groups is 4. The number of carbonyl (C=O) groups excluding carboxylic acids is 3. The van der Waals surface area contributed by atoms with Crippen molar-refractivity contribution in [2.75, 3.05) is 19.6 Å². The van der Waals surface area contributed by atoms with E-state index >= 15 is 0 Å². The van der Waals surface area contributed by atoms with Crippen LogP contribution in [0.1, 0.15) is 34.3 Å². The van der Waals surface area contributed by atoms with E-state index in [-0.39, 0.29) is 25.5 Å². The summed E-state index contributed by atoms with van der Waals surface area (Å²) < 4.78 is 5.03. The van der Waals surface area contributed by atoms with Gasteiger partial charge in [0.1, 0.15) is 12.6 Å². The molecule has 36 heavy (non-hydrogen) atoms. The molecular weight excluding hydrogens is 466 g/mol. The van der Waals surface area contributed by atoms with Gasteiger partial charge in [-0.05, 0) is 36.1 Å². The Morgan fingerprint density at radius 2 is 1.78 bits per heavy atom. The van der Waals surface area contributed by atoms with Gasteiger partial charge in [-0.1, -0.05) is 42.5 Å². The zero-order valence-corrected chi connectivity index (χ0v) is 19.7. The molecule has 11 heteroatoms. The molecule has 1 unspecified atom stereocenters. The second kappa shape index (κ2) is 13.5. The van der Waals surface area contributed by atoms with Gasteiger partial charge in [-0.3, -0.25) is 19.9 Å². The summed E-state index contributed by atoms with van der Waals surface area (Å²) in [5.41, 5.74) is 1.94. The molecule has 0 aromatic heterocycles. The summed E-state index contributed by atoms with van der Waals surface area (Å²) in [5, 5.41) is 19.9. The summed E-state index contributed by atoms with van der Waals surface area (Å²) in [4.78, 5) is 52.1. The molecule has 0 fully saturated rings. The van der Waals surface area contributed by atoms with Crippen LogP contribution in [0.5, 0.6) is 0 Å². The van der Waals surface area contributed by atoms with Crippen LogP contribution in [0.25, 0.3) is 0 Å². The molecule has 3 rings (SSSR count). The number of carboxylic acid groups (broad SMARTS) is 1. The third-order valence-corrected chi connectivity index (χ3v) is 5.28. The SMILES string of the molecule is O=C(CCc1ccc(C(=O)NCC(NC(=O)OCc2ccccc2)C(=O)O)cc1)NC1=NCCCN1. The molecule has 1 aliphatic rings. The van der Waals surface area contributed by atoms with Gasteiger partial charge in [0.2, 0.25) is 5.91 Å². The van der Waals surface area contributed by atoms with Crippen LogP contribution in [0.2, 0.25) is 0 Å². The fourth-order valence-electron chi connectivity index (χ4n) is 3.30. The second-order valence-electron chi connectivity index (χ2n) is 8.06. The highest BCUT2D eigenvalue weighted by Crippen LogP contribution is 2.07. The van der Waals surface area contributed by atoms with E-state index < -0.39 is 24.0 Å². The van der Waals surface area contributed by atoms with Gasteiger partial charge < -0.3 is 25.8 Å². The first kappa shape index (κ1) is 26.2. The van der Waals surface area contributed by atoms with Crippen molar-refractivity contribution in [3.63, 3.8) is 0 Å². The van der Waals surface area contributed by atoms with Gasteiger partial charge in [0, 0.05) is 31.6 Å². The van der Waals surface area contributed by atoms with Crippen LogP contribution in [0.4, 0.5) is 4.79 Å². The molecule has 0 bridgehead atoms. The highest BCUT2D eigenvalue weighted by molar-refractivity contribution is 5.97. The monoisotopic (exact) mass is 495 g/mol. The molecule has 3 amide bonds. The van der Waals surface area contributed by atoms with E-state index in [1.165, 1.54) is 0 Å². The van der Waals surface area contributed by atoms with Crippen LogP contribution in [0.15, 0.2) is 59.6 Å². The molecule has 1 heterocycles. The van der Waals surface area contributed by atoms with E-state index in [2.05, 4.69) is 26.3 Å². The van der Waals surface area contributed by atoms with Crippen molar-refractivity contribution >= 4 is 29.8 Å². The maximum absolute atomic E-state index is 12.4. The number of aryl methyl sites for hydroxylation is 1. The maximum Gasteiger partial charge on any atom is 0.408 e. The third-order valence-electron chi connectivity index (χ3n) is 5.28. The highest BCUT2D eigenvalue weighted by atomic mass is 16.5. The van der Waals surface area contributed by atoms with Crippen LogP contribution in [-0.2, 0) is 27.4 Å². The topological polar surface area (TPSA) is 158 Å². The molecular formula is C25H29N5O6. The molecule has 11 nitrogen and oxygen atoms in total. The van der Waals surface area contributed by atoms with Gasteiger partial charge in [-0.15, -0.1) is 0 Å². The largest absolute Gasteiger partial charge is 0.480 e. The zero-order chi connectivity index (χ0) is 25.8. The lowest BCUT2D eigenvalue weighted by molar-refractivity contribution is -0.139. The molecule has 0 saturated heterocycles. The van der Waals surface area contributed by atoms with Crippen molar-refractivity contribution in [2.24, 2.45) is 4.99 Å². The number of aliphatic imine (C=N–C) groups is 1. The second-order valence-corrected chi connectivity index (χ2v) is 8.06. The van der Waals surface area contributed by atoms with E-state index in [1.807, 2.05) is 6.07 Å². The Balaban J connectivity index is 1.41. The number of carboxylic acids is 1. The first-order valence-electron chi connectivity index (χ1n) is 11.6. The summed E-state index contributed by atoms with van der Waals surface area (Å²) in [6.45, 7) is 1.14. The summed E-state index contributed by atoms with van der Waals surface area (Å²) in [5.74, 6) is -1.46. The minimum atomic E-state index is -1.36. The molecule has 1 atom stereocenters. The number of benzene rings is 2. The quantitative estimate of drug-likeness (QED) is 0.331. The van der Waals surface area contributed by atoms with Crippen molar-refractivity contribution in [2.45, 2.75) is 31.9 Å². The Hall–Kier alpha value is -4.41. The van der Waals surface area contributed by atoms with Crippen LogP contribution in [0.3, 0.4) is 0 Å². The highest BCUT2D eigenvalue weighted by Gasteiger charge is 2.22. The maximum atomic E-state index is 12.4. The molecule has 0 aliphatic carbocycles. The van der Waals surface area contributed by atoms with Crippen molar-refractivity contribution in [1.29, 1.82) is 0 Å². The smallest absolute Gasteiger partial charge is 0.408 e. The minimum Gasteiger partial charge on any atom is -0.480 e. The fraction of sp³-hybridized carbons (Fsp3) is 0.320. The molecule has 2 aromatic carbocycles. The van der Waals surface area contributed by atoms with E-state index in [9.17, 15) is 24.3 Å². The summed E-state index contributed by atoms with van der Waals surface area (Å²) in [7, 11) is 0. The van der Waals surface area contributed by atoms with Crippen LogP contribution in [0, 0.1) is 0 Å². The zero-order valence-electron chi connectivity index (χ0n) is 19.7.